The second-order valence-electron chi connectivity index (χ2n) is 6.57. The minimum absolute atomic E-state index is 0.292. The lowest BCUT2D eigenvalue weighted by Crippen LogP contribution is -2.05. The molecule has 0 aliphatic heterocycles. The molecular formula is C20H19F2N3OS. The molecule has 3 aromatic rings. The van der Waals surface area contributed by atoms with Crippen LogP contribution in [0.2, 0.25) is 0 Å². The van der Waals surface area contributed by atoms with Gasteiger partial charge >= 0.3 is 0 Å². The van der Waals surface area contributed by atoms with Crippen LogP contribution in [-0.2, 0) is 0 Å². The van der Waals surface area contributed by atoms with E-state index in [-0.39, 0.29) is 0 Å². The lowest BCUT2D eigenvalue weighted by atomic mass is 9.87. The molecule has 1 aliphatic carbocycles. The number of thiazole rings is 1. The maximum absolute atomic E-state index is 13.8. The van der Waals surface area contributed by atoms with Gasteiger partial charge in [0, 0.05) is 23.6 Å². The van der Waals surface area contributed by atoms with Crippen LogP contribution in [0.15, 0.2) is 41.9 Å². The Morgan fingerprint density at radius 3 is 2.63 bits per heavy atom. The van der Waals surface area contributed by atoms with Crippen LogP contribution in [0.4, 0.5) is 19.7 Å². The molecule has 0 unspecified atom stereocenters. The zero-order chi connectivity index (χ0) is 18.6. The van der Waals surface area contributed by atoms with Crippen molar-refractivity contribution in [2.24, 2.45) is 0 Å². The second-order valence-corrected chi connectivity index (χ2v) is 7.43. The van der Waals surface area contributed by atoms with Gasteiger partial charge in [0.05, 0.1) is 5.69 Å². The fourth-order valence-electron chi connectivity index (χ4n) is 3.28. The monoisotopic (exact) mass is 387 g/mol. The van der Waals surface area contributed by atoms with Crippen molar-refractivity contribution >= 4 is 22.3 Å². The van der Waals surface area contributed by atoms with Gasteiger partial charge in [-0.1, -0.05) is 25.3 Å². The largest absolute Gasteiger partial charge is 0.451 e. The summed E-state index contributed by atoms with van der Waals surface area (Å²) in [7, 11) is 0. The number of hydrogen-bond donors (Lipinski definition) is 1. The zero-order valence-corrected chi connectivity index (χ0v) is 15.4. The van der Waals surface area contributed by atoms with E-state index < -0.39 is 17.4 Å². The minimum atomic E-state index is -0.752. The Bertz CT molecular complexity index is 905. The van der Waals surface area contributed by atoms with Gasteiger partial charge in [-0.3, -0.25) is 0 Å². The number of pyridine rings is 1. The molecule has 4 nitrogen and oxygen atoms in total. The Balaban J connectivity index is 1.47. The van der Waals surface area contributed by atoms with Crippen LogP contribution in [0, 0.1) is 11.6 Å². The highest BCUT2D eigenvalue weighted by Gasteiger charge is 2.18. The van der Waals surface area contributed by atoms with Crippen molar-refractivity contribution in [3.05, 3.63) is 59.2 Å². The lowest BCUT2D eigenvalue weighted by Gasteiger charge is -2.19. The summed E-state index contributed by atoms with van der Waals surface area (Å²) in [4.78, 5) is 8.91. The topological polar surface area (TPSA) is 47.0 Å². The first-order valence-corrected chi connectivity index (χ1v) is 9.87. The molecule has 0 saturated heterocycles. The first-order chi connectivity index (χ1) is 13.2. The lowest BCUT2D eigenvalue weighted by molar-refractivity contribution is 0.407. The van der Waals surface area contributed by atoms with E-state index in [0.717, 1.165) is 23.0 Å². The summed E-state index contributed by atoms with van der Waals surface area (Å²) in [5.74, 6) is -0.591. The molecule has 0 amide bonds. The number of halogens is 2. The van der Waals surface area contributed by atoms with Gasteiger partial charge in [-0.05, 0) is 31.0 Å². The van der Waals surface area contributed by atoms with Crippen molar-refractivity contribution in [1.29, 1.82) is 0 Å². The van der Waals surface area contributed by atoms with Gasteiger partial charge < -0.3 is 10.1 Å². The third-order valence-electron chi connectivity index (χ3n) is 4.65. The van der Waals surface area contributed by atoms with Gasteiger partial charge in [0.25, 0.3) is 0 Å². The Kier molecular flexibility index (Phi) is 5.29. The van der Waals surface area contributed by atoms with E-state index in [1.807, 2.05) is 0 Å². The van der Waals surface area contributed by atoms with Crippen molar-refractivity contribution in [3.8, 4) is 11.5 Å². The third kappa shape index (κ3) is 4.24. The number of para-hydroxylation sites is 1. The van der Waals surface area contributed by atoms with Crippen LogP contribution >= 0.6 is 11.3 Å². The molecule has 1 aliphatic rings. The molecular weight excluding hydrogens is 368 g/mol. The number of rotatable bonds is 5. The van der Waals surface area contributed by atoms with Crippen molar-refractivity contribution in [2.75, 3.05) is 5.32 Å². The van der Waals surface area contributed by atoms with E-state index in [2.05, 4.69) is 20.7 Å². The Hall–Kier alpha value is -2.54. The molecule has 140 valence electrons. The number of hydrogen-bond acceptors (Lipinski definition) is 5. The van der Waals surface area contributed by atoms with Crippen molar-refractivity contribution in [2.45, 2.75) is 38.0 Å². The van der Waals surface area contributed by atoms with Gasteiger partial charge in [-0.25, -0.2) is 18.7 Å². The van der Waals surface area contributed by atoms with E-state index in [1.165, 1.54) is 55.7 Å². The number of anilines is 2. The first kappa shape index (κ1) is 17.9. The summed E-state index contributed by atoms with van der Waals surface area (Å²) in [5, 5.41) is 5.99. The highest BCUT2D eigenvalue weighted by molar-refractivity contribution is 7.13. The van der Waals surface area contributed by atoms with Crippen molar-refractivity contribution in [3.63, 3.8) is 0 Å². The molecule has 4 rings (SSSR count). The molecule has 0 spiro atoms. The summed E-state index contributed by atoms with van der Waals surface area (Å²) in [6, 6.07) is 6.74. The van der Waals surface area contributed by atoms with E-state index >= 15 is 0 Å². The molecule has 1 aromatic carbocycles. The molecule has 0 atom stereocenters. The predicted octanol–water partition coefficient (Wildman–Crippen LogP) is 6.40. The maximum atomic E-state index is 13.8. The predicted molar refractivity (Wildman–Crippen MR) is 102 cm³/mol. The SMILES string of the molecule is Fc1cccc(F)c1Oc1ccnc(Nc2nc(C3CCCCC3)cs2)c1. The van der Waals surface area contributed by atoms with Crippen molar-refractivity contribution in [1.82, 2.24) is 9.97 Å². The Labute approximate surface area is 160 Å². The Morgan fingerprint density at radius 1 is 1.07 bits per heavy atom. The summed E-state index contributed by atoms with van der Waals surface area (Å²) in [6.45, 7) is 0. The van der Waals surface area contributed by atoms with Crippen LogP contribution in [-0.4, -0.2) is 9.97 Å². The molecule has 2 heterocycles. The van der Waals surface area contributed by atoms with Crippen LogP contribution in [0.25, 0.3) is 0 Å². The second kappa shape index (κ2) is 8.00. The normalized spacial score (nSPS) is 14.9. The van der Waals surface area contributed by atoms with Crippen LogP contribution < -0.4 is 10.1 Å². The third-order valence-corrected chi connectivity index (χ3v) is 5.43. The highest BCUT2D eigenvalue weighted by atomic mass is 32.1. The van der Waals surface area contributed by atoms with E-state index in [9.17, 15) is 8.78 Å². The number of benzene rings is 1. The number of nitrogens with zero attached hydrogens (tertiary/aromatic N) is 2. The molecule has 0 bridgehead atoms. The van der Waals surface area contributed by atoms with Crippen LogP contribution in [0.3, 0.4) is 0 Å². The van der Waals surface area contributed by atoms with Crippen LogP contribution in [0.1, 0.15) is 43.7 Å². The molecule has 27 heavy (non-hydrogen) atoms. The Morgan fingerprint density at radius 2 is 1.85 bits per heavy atom. The van der Waals surface area contributed by atoms with E-state index in [0.29, 0.717) is 17.5 Å². The fourth-order valence-corrected chi connectivity index (χ4v) is 4.08. The van der Waals surface area contributed by atoms with E-state index in [4.69, 9.17) is 4.74 Å². The summed E-state index contributed by atoms with van der Waals surface area (Å²) in [6.07, 6.45) is 7.74. The molecule has 1 saturated carbocycles. The summed E-state index contributed by atoms with van der Waals surface area (Å²) in [5.41, 5.74) is 1.13. The van der Waals surface area contributed by atoms with Gasteiger partial charge in [0.2, 0.25) is 0 Å². The quantitative estimate of drug-likeness (QED) is 0.550. The molecule has 2 aromatic heterocycles. The maximum Gasteiger partial charge on any atom is 0.198 e. The smallest absolute Gasteiger partial charge is 0.198 e. The molecule has 7 heteroatoms. The first-order valence-electron chi connectivity index (χ1n) is 8.99. The summed E-state index contributed by atoms with van der Waals surface area (Å²) < 4.78 is 32.9. The highest BCUT2D eigenvalue weighted by Crippen LogP contribution is 2.35. The van der Waals surface area contributed by atoms with E-state index in [1.54, 1.807) is 12.1 Å². The summed E-state index contributed by atoms with van der Waals surface area (Å²) >= 11 is 1.53. The van der Waals surface area contributed by atoms with Gasteiger partial charge in [0.1, 0.15) is 11.6 Å². The standard InChI is InChI=1S/C20H19F2N3OS/c21-15-7-4-8-16(22)19(15)26-14-9-10-23-18(11-14)25-20-24-17(12-27-20)13-5-2-1-3-6-13/h4,7-13H,1-3,5-6H2,(H,23,24,25). The average Bonchev–Trinajstić information content (AvgIpc) is 3.14. The molecule has 1 fully saturated rings. The van der Waals surface area contributed by atoms with Gasteiger partial charge in [0.15, 0.2) is 22.5 Å². The number of ether oxygens (including phenoxy) is 1. The molecule has 1 N–H and O–H groups in total. The molecule has 0 radical (unpaired) electrons. The van der Waals surface area contributed by atoms with Crippen molar-refractivity contribution < 1.29 is 13.5 Å². The average molecular weight is 387 g/mol. The fraction of sp³-hybridized carbons (Fsp3) is 0.300. The van der Waals surface area contributed by atoms with Crippen LogP contribution in [0.5, 0.6) is 11.5 Å². The number of nitrogens with one attached hydrogen (secondary N) is 1. The zero-order valence-electron chi connectivity index (χ0n) is 14.6. The van der Waals surface area contributed by atoms with Gasteiger partial charge in [-0.15, -0.1) is 11.3 Å². The number of aromatic nitrogens is 2. The minimum Gasteiger partial charge on any atom is -0.451 e. The van der Waals surface area contributed by atoms with Gasteiger partial charge in [-0.2, -0.15) is 0 Å².